The topological polar surface area (TPSA) is 67.8 Å². The molecule has 2 saturated heterocycles. The van der Waals surface area contributed by atoms with Gasteiger partial charge in [-0.15, -0.1) is 0 Å². The molecule has 194 valence electrons. The monoisotopic (exact) mass is 504 g/mol. The second kappa shape index (κ2) is 10.1. The van der Waals surface area contributed by atoms with E-state index < -0.39 is 30.7 Å². The number of anilines is 1. The van der Waals surface area contributed by atoms with Crippen LogP contribution in [-0.2, 0) is 11.2 Å². The molecule has 5 rings (SSSR count). The van der Waals surface area contributed by atoms with Crippen molar-refractivity contribution in [3.8, 4) is 11.5 Å². The maximum absolute atomic E-state index is 14.4. The van der Waals surface area contributed by atoms with E-state index in [-0.39, 0.29) is 12.0 Å². The first-order chi connectivity index (χ1) is 17.3. The molecule has 1 amide bonds. The number of halogens is 3. The molecular formula is C26H31F3N4O3. The summed E-state index contributed by atoms with van der Waals surface area (Å²) in [6.45, 7) is 1.23. The van der Waals surface area contributed by atoms with Gasteiger partial charge in [-0.2, -0.15) is 0 Å². The highest BCUT2D eigenvalue weighted by atomic mass is 19.3. The average Bonchev–Trinajstić information content (AvgIpc) is 3.64. The number of benzene rings is 1. The lowest BCUT2D eigenvalue weighted by molar-refractivity contribution is -0.165. The highest BCUT2D eigenvalue weighted by Gasteiger charge is 2.46. The normalized spacial score (nSPS) is 23.2. The molecule has 36 heavy (non-hydrogen) atoms. The lowest BCUT2D eigenvalue weighted by atomic mass is 9.90. The van der Waals surface area contributed by atoms with Crippen LogP contribution < -0.4 is 14.4 Å². The van der Waals surface area contributed by atoms with E-state index in [4.69, 9.17) is 9.47 Å². The van der Waals surface area contributed by atoms with Crippen LogP contribution in [0.4, 0.5) is 19.1 Å². The van der Waals surface area contributed by atoms with E-state index in [0.29, 0.717) is 35.9 Å². The number of rotatable bonds is 9. The van der Waals surface area contributed by atoms with Gasteiger partial charge >= 0.3 is 0 Å². The Bertz CT molecular complexity index is 1070. The summed E-state index contributed by atoms with van der Waals surface area (Å²) in [5, 5.41) is 0. The first-order valence-electron chi connectivity index (χ1n) is 12.5. The number of piperidine rings is 1. The van der Waals surface area contributed by atoms with E-state index in [1.807, 2.05) is 0 Å². The van der Waals surface area contributed by atoms with Gasteiger partial charge in [0, 0.05) is 19.2 Å². The number of likely N-dealkylation sites (tertiary alicyclic amines) is 1. The quantitative estimate of drug-likeness (QED) is 0.515. The summed E-state index contributed by atoms with van der Waals surface area (Å²) in [6, 6.07) is 4.41. The molecule has 3 heterocycles. The van der Waals surface area contributed by atoms with Crippen LogP contribution in [0, 0.1) is 23.6 Å². The lowest BCUT2D eigenvalue weighted by Crippen LogP contribution is -2.58. The van der Waals surface area contributed by atoms with Crippen LogP contribution in [0.15, 0.2) is 30.6 Å². The summed E-state index contributed by atoms with van der Waals surface area (Å²) < 4.78 is 51.2. The molecule has 1 aromatic heterocycles. The third-order valence-electron chi connectivity index (χ3n) is 7.58. The van der Waals surface area contributed by atoms with Gasteiger partial charge in [0.2, 0.25) is 11.9 Å². The number of hydrogen-bond acceptors (Lipinski definition) is 6. The van der Waals surface area contributed by atoms with E-state index in [1.54, 1.807) is 25.6 Å². The largest absolute Gasteiger partial charge is 0.494 e. The second-order valence-electron chi connectivity index (χ2n) is 10.1. The van der Waals surface area contributed by atoms with Gasteiger partial charge in [-0.1, -0.05) is 6.07 Å². The van der Waals surface area contributed by atoms with Crippen LogP contribution in [0.1, 0.15) is 31.2 Å². The van der Waals surface area contributed by atoms with Crippen molar-refractivity contribution in [3.63, 3.8) is 0 Å². The number of amides is 1. The molecule has 1 saturated carbocycles. The molecule has 0 N–H and O–H groups in total. The minimum absolute atomic E-state index is 0.191. The van der Waals surface area contributed by atoms with Crippen molar-refractivity contribution in [2.45, 2.75) is 38.0 Å². The number of nitrogens with zero attached hydrogens (tertiary/aromatic N) is 4. The van der Waals surface area contributed by atoms with Crippen LogP contribution in [0.5, 0.6) is 11.5 Å². The summed E-state index contributed by atoms with van der Waals surface area (Å²) in [5.41, 5.74) is 0.191. The molecule has 3 aliphatic rings. The first kappa shape index (κ1) is 24.6. The van der Waals surface area contributed by atoms with Crippen molar-refractivity contribution >= 4 is 11.9 Å². The summed E-state index contributed by atoms with van der Waals surface area (Å²) >= 11 is 0. The van der Waals surface area contributed by atoms with Gasteiger partial charge in [0.05, 0.1) is 45.6 Å². The number of alkyl halides is 2. The molecule has 2 aliphatic heterocycles. The minimum Gasteiger partial charge on any atom is -0.494 e. The van der Waals surface area contributed by atoms with Gasteiger partial charge in [0.15, 0.2) is 5.75 Å². The fraction of sp³-hybridized carbons (Fsp3) is 0.577. The summed E-state index contributed by atoms with van der Waals surface area (Å²) in [7, 11) is 1.60. The number of carbonyl (C=O) groups is 1. The number of ether oxygens (including phenoxy) is 2. The van der Waals surface area contributed by atoms with Crippen molar-refractivity contribution in [2.75, 3.05) is 44.8 Å². The second-order valence-corrected chi connectivity index (χ2v) is 10.1. The van der Waals surface area contributed by atoms with Crippen molar-refractivity contribution in [1.29, 1.82) is 0 Å². The Hall–Kier alpha value is -3.04. The third kappa shape index (κ3) is 5.68. The fourth-order valence-corrected chi connectivity index (χ4v) is 5.34. The lowest BCUT2D eigenvalue weighted by Gasteiger charge is -2.38. The molecule has 3 fully saturated rings. The zero-order chi connectivity index (χ0) is 25.3. The highest BCUT2D eigenvalue weighted by Crippen LogP contribution is 2.49. The minimum atomic E-state index is -2.82. The van der Waals surface area contributed by atoms with Gasteiger partial charge in [0.25, 0.3) is 5.92 Å². The van der Waals surface area contributed by atoms with Gasteiger partial charge in [-0.25, -0.2) is 23.1 Å². The van der Waals surface area contributed by atoms with Crippen LogP contribution >= 0.6 is 0 Å². The van der Waals surface area contributed by atoms with Crippen LogP contribution in [-0.4, -0.2) is 66.6 Å². The number of hydrogen-bond donors (Lipinski definition) is 0. The van der Waals surface area contributed by atoms with Crippen molar-refractivity contribution in [1.82, 2.24) is 14.9 Å². The zero-order valence-corrected chi connectivity index (χ0v) is 20.3. The van der Waals surface area contributed by atoms with Crippen molar-refractivity contribution in [3.05, 3.63) is 42.0 Å². The molecular weight excluding hydrogens is 473 g/mol. The van der Waals surface area contributed by atoms with E-state index in [9.17, 15) is 18.0 Å². The molecule has 1 aromatic carbocycles. The standard InChI is InChI=1S/C26H31F3N4O3/c1-35-21-13-30-25(31-14-21)32-7-4-17(5-8-32)22-10-18(22)6-9-36-20-3-2-19(23(27)12-20)11-24(34)33-15-26(28,29)16-33/h2-3,12-14,17-18,22H,4-11,15-16H2,1H3/t18-,22-/m1/s1. The van der Waals surface area contributed by atoms with Crippen LogP contribution in [0.25, 0.3) is 0 Å². The number of methoxy groups -OCH3 is 1. The van der Waals surface area contributed by atoms with Crippen LogP contribution in [0.3, 0.4) is 0 Å². The van der Waals surface area contributed by atoms with Gasteiger partial charge < -0.3 is 19.3 Å². The third-order valence-corrected chi connectivity index (χ3v) is 7.58. The Morgan fingerprint density at radius 3 is 2.50 bits per heavy atom. The summed E-state index contributed by atoms with van der Waals surface area (Å²) in [4.78, 5) is 24.1. The van der Waals surface area contributed by atoms with E-state index in [1.165, 1.54) is 18.6 Å². The van der Waals surface area contributed by atoms with E-state index in [2.05, 4.69) is 14.9 Å². The van der Waals surface area contributed by atoms with Gasteiger partial charge in [-0.3, -0.25) is 4.79 Å². The van der Waals surface area contributed by atoms with Gasteiger partial charge in [-0.05, 0) is 55.1 Å². The van der Waals surface area contributed by atoms with Crippen molar-refractivity contribution in [2.24, 2.45) is 17.8 Å². The average molecular weight is 505 g/mol. The summed E-state index contributed by atoms with van der Waals surface area (Å²) in [6.07, 6.45) is 7.54. The Morgan fingerprint density at radius 2 is 1.86 bits per heavy atom. The molecule has 1 aliphatic carbocycles. The number of carbonyl (C=O) groups excluding carboxylic acids is 1. The Kier molecular flexibility index (Phi) is 6.94. The molecule has 2 aromatic rings. The smallest absolute Gasteiger partial charge is 0.282 e. The number of aromatic nitrogens is 2. The Labute approximate surface area is 208 Å². The maximum atomic E-state index is 14.4. The predicted octanol–water partition coefficient (Wildman–Crippen LogP) is 3.97. The highest BCUT2D eigenvalue weighted by molar-refractivity contribution is 5.80. The molecule has 2 atom stereocenters. The van der Waals surface area contributed by atoms with Crippen molar-refractivity contribution < 1.29 is 27.4 Å². The summed E-state index contributed by atoms with van der Waals surface area (Å²) in [5.74, 6) is 0.00874. The Balaban J connectivity index is 1.01. The fourth-order valence-electron chi connectivity index (χ4n) is 5.34. The predicted molar refractivity (Wildman–Crippen MR) is 127 cm³/mol. The van der Waals surface area contributed by atoms with E-state index >= 15 is 0 Å². The molecule has 0 radical (unpaired) electrons. The first-order valence-corrected chi connectivity index (χ1v) is 12.5. The molecule has 10 heteroatoms. The molecule has 7 nitrogen and oxygen atoms in total. The molecule has 0 spiro atoms. The van der Waals surface area contributed by atoms with Gasteiger partial charge in [0.1, 0.15) is 11.6 Å². The SMILES string of the molecule is COc1cnc(N2CCC([C@H]3C[C@H]3CCOc3ccc(CC(=O)N4CC(F)(F)C4)c(F)c3)CC2)nc1. The Morgan fingerprint density at radius 1 is 1.14 bits per heavy atom. The zero-order valence-electron chi connectivity index (χ0n) is 20.3. The van der Waals surface area contributed by atoms with E-state index in [0.717, 1.165) is 43.2 Å². The molecule has 0 bridgehead atoms. The maximum Gasteiger partial charge on any atom is 0.282 e. The molecule has 0 unspecified atom stereocenters. The van der Waals surface area contributed by atoms with Crippen LogP contribution in [0.2, 0.25) is 0 Å².